The second-order valence-corrected chi connectivity index (χ2v) is 5.02. The molecule has 0 aromatic carbocycles. The van der Waals surface area contributed by atoms with Crippen LogP contribution in [-0.4, -0.2) is 18.8 Å². The Bertz CT molecular complexity index is 158. The lowest BCUT2D eigenvalue weighted by Crippen LogP contribution is -2.34. The zero-order chi connectivity index (χ0) is 10.6. The smallest absolute Gasteiger partial charge is 0.0590 e. The highest BCUT2D eigenvalue weighted by Crippen LogP contribution is 2.25. The minimum Gasteiger partial charge on any atom is -0.378 e. The standard InChI is InChI=1S/C12H25NO/c1-9(2)5-4-6-12(13)11-7-8-14-10(11)3/h9-12H,4-8,13H2,1-3H3. The van der Waals surface area contributed by atoms with Crippen LogP contribution < -0.4 is 5.73 Å². The first-order valence-electron chi connectivity index (χ1n) is 5.98. The molecule has 0 saturated carbocycles. The number of hydrogen-bond acceptors (Lipinski definition) is 2. The molecule has 3 unspecified atom stereocenters. The number of ether oxygens (including phenoxy) is 1. The average Bonchev–Trinajstić information content (AvgIpc) is 2.50. The zero-order valence-corrected chi connectivity index (χ0v) is 9.83. The molecule has 1 aliphatic heterocycles. The topological polar surface area (TPSA) is 35.2 Å². The maximum atomic E-state index is 6.18. The largest absolute Gasteiger partial charge is 0.378 e. The summed E-state index contributed by atoms with van der Waals surface area (Å²) in [4.78, 5) is 0. The number of hydrogen-bond donors (Lipinski definition) is 1. The molecule has 3 atom stereocenters. The van der Waals surface area contributed by atoms with Gasteiger partial charge in [-0.2, -0.15) is 0 Å². The first-order chi connectivity index (χ1) is 6.61. The first kappa shape index (κ1) is 12.0. The van der Waals surface area contributed by atoms with E-state index in [0.717, 1.165) is 25.4 Å². The summed E-state index contributed by atoms with van der Waals surface area (Å²) in [6.07, 6.45) is 5.27. The van der Waals surface area contributed by atoms with Crippen LogP contribution >= 0.6 is 0 Å². The molecule has 0 radical (unpaired) electrons. The SMILES string of the molecule is CC(C)CCCC(N)C1CCOC1C. The third kappa shape index (κ3) is 3.58. The monoisotopic (exact) mass is 199 g/mol. The van der Waals surface area contributed by atoms with Crippen molar-refractivity contribution in [1.82, 2.24) is 0 Å². The maximum Gasteiger partial charge on any atom is 0.0590 e. The highest BCUT2D eigenvalue weighted by Gasteiger charge is 2.29. The second-order valence-electron chi connectivity index (χ2n) is 5.02. The van der Waals surface area contributed by atoms with Gasteiger partial charge in [-0.05, 0) is 25.7 Å². The van der Waals surface area contributed by atoms with Crippen LogP contribution in [0, 0.1) is 11.8 Å². The van der Waals surface area contributed by atoms with Crippen molar-refractivity contribution in [1.29, 1.82) is 0 Å². The van der Waals surface area contributed by atoms with Gasteiger partial charge in [-0.3, -0.25) is 0 Å². The van der Waals surface area contributed by atoms with Crippen LogP contribution in [0.2, 0.25) is 0 Å². The van der Waals surface area contributed by atoms with E-state index >= 15 is 0 Å². The van der Waals surface area contributed by atoms with Crippen molar-refractivity contribution in [2.75, 3.05) is 6.61 Å². The molecule has 0 aromatic rings. The third-order valence-corrected chi connectivity index (χ3v) is 3.30. The molecule has 1 fully saturated rings. The summed E-state index contributed by atoms with van der Waals surface area (Å²) >= 11 is 0. The van der Waals surface area contributed by atoms with Crippen molar-refractivity contribution in [2.24, 2.45) is 17.6 Å². The Hall–Kier alpha value is -0.0800. The summed E-state index contributed by atoms with van der Waals surface area (Å²) in [5.41, 5.74) is 6.18. The van der Waals surface area contributed by atoms with E-state index in [-0.39, 0.29) is 0 Å². The predicted octanol–water partition coefficient (Wildman–Crippen LogP) is 2.57. The highest BCUT2D eigenvalue weighted by molar-refractivity contribution is 4.81. The average molecular weight is 199 g/mol. The minimum atomic E-state index is 0.353. The molecule has 2 heteroatoms. The minimum absolute atomic E-state index is 0.353. The molecule has 0 bridgehead atoms. The van der Waals surface area contributed by atoms with E-state index in [2.05, 4.69) is 20.8 Å². The quantitative estimate of drug-likeness (QED) is 0.738. The van der Waals surface area contributed by atoms with Crippen LogP contribution in [0.5, 0.6) is 0 Å². The van der Waals surface area contributed by atoms with Gasteiger partial charge in [0.05, 0.1) is 6.10 Å². The van der Waals surface area contributed by atoms with Crippen molar-refractivity contribution < 1.29 is 4.74 Å². The van der Waals surface area contributed by atoms with Crippen LogP contribution in [0.15, 0.2) is 0 Å². The molecule has 14 heavy (non-hydrogen) atoms. The normalized spacial score (nSPS) is 29.8. The molecule has 1 rings (SSSR count). The Balaban J connectivity index is 2.17. The number of nitrogens with two attached hydrogens (primary N) is 1. The van der Waals surface area contributed by atoms with Gasteiger partial charge in [0.25, 0.3) is 0 Å². The van der Waals surface area contributed by atoms with Crippen LogP contribution in [0.25, 0.3) is 0 Å². The van der Waals surface area contributed by atoms with E-state index in [9.17, 15) is 0 Å². The first-order valence-corrected chi connectivity index (χ1v) is 5.98. The van der Waals surface area contributed by atoms with Gasteiger partial charge in [-0.15, -0.1) is 0 Å². The Morgan fingerprint density at radius 2 is 2.07 bits per heavy atom. The van der Waals surface area contributed by atoms with Crippen LogP contribution in [-0.2, 0) is 4.74 Å². The molecule has 1 heterocycles. The van der Waals surface area contributed by atoms with Gasteiger partial charge in [0.2, 0.25) is 0 Å². The van der Waals surface area contributed by atoms with Gasteiger partial charge < -0.3 is 10.5 Å². The fourth-order valence-electron chi connectivity index (χ4n) is 2.29. The van der Waals surface area contributed by atoms with Crippen molar-refractivity contribution >= 4 is 0 Å². The van der Waals surface area contributed by atoms with Crippen LogP contribution in [0.4, 0.5) is 0 Å². The molecule has 0 amide bonds. The van der Waals surface area contributed by atoms with E-state index < -0.39 is 0 Å². The van der Waals surface area contributed by atoms with E-state index in [1.54, 1.807) is 0 Å². The maximum absolute atomic E-state index is 6.18. The van der Waals surface area contributed by atoms with Crippen molar-refractivity contribution in [3.05, 3.63) is 0 Å². The summed E-state index contributed by atoms with van der Waals surface area (Å²) in [6, 6.07) is 0.353. The molecular weight excluding hydrogens is 174 g/mol. The fraction of sp³-hybridized carbons (Fsp3) is 1.00. The van der Waals surface area contributed by atoms with Crippen molar-refractivity contribution in [2.45, 2.75) is 58.6 Å². The van der Waals surface area contributed by atoms with E-state index in [1.807, 2.05) is 0 Å². The Labute approximate surface area is 88.2 Å². The second kappa shape index (κ2) is 5.72. The summed E-state index contributed by atoms with van der Waals surface area (Å²) in [5, 5.41) is 0. The molecule has 0 spiro atoms. The molecule has 2 nitrogen and oxygen atoms in total. The molecule has 2 N–H and O–H groups in total. The van der Waals surface area contributed by atoms with E-state index in [0.29, 0.717) is 18.1 Å². The van der Waals surface area contributed by atoms with Gasteiger partial charge in [-0.1, -0.05) is 26.7 Å². The molecule has 1 aliphatic rings. The Morgan fingerprint density at radius 3 is 2.57 bits per heavy atom. The Morgan fingerprint density at radius 1 is 1.36 bits per heavy atom. The van der Waals surface area contributed by atoms with Crippen LogP contribution in [0.3, 0.4) is 0 Å². The zero-order valence-electron chi connectivity index (χ0n) is 9.83. The van der Waals surface area contributed by atoms with E-state index in [1.165, 1.54) is 12.8 Å². The summed E-state index contributed by atoms with van der Waals surface area (Å²) < 4.78 is 5.53. The predicted molar refractivity (Wildman–Crippen MR) is 60.2 cm³/mol. The van der Waals surface area contributed by atoms with Crippen molar-refractivity contribution in [3.8, 4) is 0 Å². The van der Waals surface area contributed by atoms with Gasteiger partial charge in [0.15, 0.2) is 0 Å². The number of rotatable bonds is 5. The van der Waals surface area contributed by atoms with Crippen molar-refractivity contribution in [3.63, 3.8) is 0 Å². The Kier molecular flexibility index (Phi) is 4.90. The lowest BCUT2D eigenvalue weighted by Gasteiger charge is -2.22. The van der Waals surface area contributed by atoms with E-state index in [4.69, 9.17) is 10.5 Å². The third-order valence-electron chi connectivity index (χ3n) is 3.30. The molecule has 84 valence electrons. The summed E-state index contributed by atoms with van der Waals surface area (Å²) in [7, 11) is 0. The van der Waals surface area contributed by atoms with Gasteiger partial charge in [0, 0.05) is 18.6 Å². The molecule has 0 aromatic heterocycles. The van der Waals surface area contributed by atoms with Gasteiger partial charge in [0.1, 0.15) is 0 Å². The summed E-state index contributed by atoms with van der Waals surface area (Å²) in [6.45, 7) is 7.60. The molecule has 0 aliphatic carbocycles. The molecule has 1 saturated heterocycles. The summed E-state index contributed by atoms with van der Waals surface area (Å²) in [5.74, 6) is 1.40. The highest BCUT2D eigenvalue weighted by atomic mass is 16.5. The lowest BCUT2D eigenvalue weighted by molar-refractivity contribution is 0.0983. The molecular formula is C12H25NO. The van der Waals surface area contributed by atoms with Gasteiger partial charge in [-0.25, -0.2) is 0 Å². The van der Waals surface area contributed by atoms with Gasteiger partial charge >= 0.3 is 0 Å². The fourth-order valence-corrected chi connectivity index (χ4v) is 2.29. The van der Waals surface area contributed by atoms with Crippen LogP contribution in [0.1, 0.15) is 46.5 Å². The lowest BCUT2D eigenvalue weighted by atomic mass is 9.90.